The van der Waals surface area contributed by atoms with Gasteiger partial charge in [0.2, 0.25) is 0 Å². The Labute approximate surface area is 111 Å². The second-order valence-corrected chi connectivity index (χ2v) is 6.32. The number of rotatable bonds is 5. The van der Waals surface area contributed by atoms with E-state index in [1.54, 1.807) is 7.11 Å². The molecule has 18 heavy (non-hydrogen) atoms. The summed E-state index contributed by atoms with van der Waals surface area (Å²) >= 11 is 0. The largest absolute Gasteiger partial charge is 0.371 e. The molecule has 3 nitrogen and oxygen atoms in total. The molecule has 2 atom stereocenters. The Kier molecular flexibility index (Phi) is 4.44. The van der Waals surface area contributed by atoms with Gasteiger partial charge in [0, 0.05) is 26.1 Å². The second kappa shape index (κ2) is 5.70. The van der Waals surface area contributed by atoms with Crippen molar-refractivity contribution < 1.29 is 9.53 Å². The summed E-state index contributed by atoms with van der Waals surface area (Å²) in [5, 5.41) is 0. The van der Waals surface area contributed by atoms with Crippen LogP contribution >= 0.6 is 0 Å². The summed E-state index contributed by atoms with van der Waals surface area (Å²) in [6, 6.07) is 0.761. The molecular formula is C15H27NO2. The van der Waals surface area contributed by atoms with Crippen LogP contribution in [0.1, 0.15) is 52.4 Å². The fourth-order valence-corrected chi connectivity index (χ4v) is 3.44. The van der Waals surface area contributed by atoms with Crippen LogP contribution in [0.5, 0.6) is 0 Å². The van der Waals surface area contributed by atoms with Crippen molar-refractivity contribution in [1.29, 1.82) is 0 Å². The van der Waals surface area contributed by atoms with Crippen LogP contribution < -0.4 is 0 Å². The Morgan fingerprint density at radius 3 is 2.72 bits per heavy atom. The van der Waals surface area contributed by atoms with Gasteiger partial charge < -0.3 is 4.74 Å². The second-order valence-electron chi connectivity index (χ2n) is 6.32. The van der Waals surface area contributed by atoms with Gasteiger partial charge in [-0.15, -0.1) is 0 Å². The van der Waals surface area contributed by atoms with E-state index >= 15 is 0 Å². The van der Waals surface area contributed by atoms with Crippen LogP contribution in [-0.2, 0) is 9.53 Å². The first-order chi connectivity index (χ1) is 8.54. The predicted molar refractivity (Wildman–Crippen MR) is 72.6 cm³/mol. The highest BCUT2D eigenvalue weighted by Gasteiger charge is 2.36. The number of carbonyl (C=O) groups is 1. The van der Waals surface area contributed by atoms with Crippen molar-refractivity contribution in [3.63, 3.8) is 0 Å². The summed E-state index contributed by atoms with van der Waals surface area (Å²) < 4.78 is 5.25. The van der Waals surface area contributed by atoms with Crippen molar-refractivity contribution in [3.8, 4) is 0 Å². The van der Waals surface area contributed by atoms with Gasteiger partial charge in [0.25, 0.3) is 0 Å². The van der Waals surface area contributed by atoms with Crippen molar-refractivity contribution in [2.45, 2.75) is 64.0 Å². The Hall–Kier alpha value is -0.410. The molecule has 1 aliphatic carbocycles. The zero-order valence-electron chi connectivity index (χ0n) is 12.1. The standard InChI is InChI=1S/C15H27NO2/c1-15(2,18-3)14(17)9-11-16-10-8-12-6-4-5-7-13(12)16/h12-13H,4-11H2,1-3H3. The molecule has 104 valence electrons. The highest BCUT2D eigenvalue weighted by atomic mass is 16.5. The molecule has 0 bridgehead atoms. The van der Waals surface area contributed by atoms with E-state index in [1.807, 2.05) is 13.8 Å². The molecule has 0 amide bonds. The van der Waals surface area contributed by atoms with Gasteiger partial charge in [-0.05, 0) is 45.6 Å². The molecule has 0 aromatic heterocycles. The summed E-state index contributed by atoms with van der Waals surface area (Å²) in [6.45, 7) is 5.84. The third-order valence-electron chi connectivity index (χ3n) is 4.93. The molecular weight excluding hydrogens is 226 g/mol. The lowest BCUT2D eigenvalue weighted by Crippen LogP contribution is -2.39. The normalized spacial score (nSPS) is 29.3. The third-order valence-corrected chi connectivity index (χ3v) is 4.93. The minimum atomic E-state index is -0.619. The zero-order valence-corrected chi connectivity index (χ0v) is 12.1. The number of carbonyl (C=O) groups excluding carboxylic acids is 1. The van der Waals surface area contributed by atoms with Crippen molar-refractivity contribution in [1.82, 2.24) is 4.90 Å². The van der Waals surface area contributed by atoms with Crippen LogP contribution in [-0.4, -0.2) is 42.5 Å². The molecule has 3 heteroatoms. The lowest BCUT2D eigenvalue weighted by Gasteiger charge is -2.32. The molecule has 0 N–H and O–H groups in total. The molecule has 1 aliphatic heterocycles. The van der Waals surface area contributed by atoms with Gasteiger partial charge in [-0.2, -0.15) is 0 Å². The Bertz CT molecular complexity index is 301. The number of fused-ring (bicyclic) bond motifs is 1. The number of likely N-dealkylation sites (tertiary alicyclic amines) is 1. The lowest BCUT2D eigenvalue weighted by molar-refractivity contribution is -0.137. The predicted octanol–water partition coefficient (Wildman–Crippen LogP) is 2.64. The number of Topliss-reactive ketones (excluding diaryl/α,β-unsaturated/α-hetero) is 1. The fraction of sp³-hybridized carbons (Fsp3) is 0.933. The smallest absolute Gasteiger partial charge is 0.165 e. The maximum atomic E-state index is 12.1. The summed E-state index contributed by atoms with van der Waals surface area (Å²) in [5.41, 5.74) is -0.619. The number of ketones is 1. The molecule has 2 fully saturated rings. The highest BCUT2D eigenvalue weighted by molar-refractivity contribution is 5.86. The van der Waals surface area contributed by atoms with Gasteiger partial charge in [-0.3, -0.25) is 9.69 Å². The van der Waals surface area contributed by atoms with E-state index in [1.165, 1.54) is 38.6 Å². The molecule has 0 radical (unpaired) electrons. The fourth-order valence-electron chi connectivity index (χ4n) is 3.44. The van der Waals surface area contributed by atoms with E-state index in [4.69, 9.17) is 4.74 Å². The van der Waals surface area contributed by atoms with Crippen LogP contribution in [0.15, 0.2) is 0 Å². The number of nitrogens with zero attached hydrogens (tertiary/aromatic N) is 1. The molecule has 2 aliphatic rings. The third kappa shape index (κ3) is 2.94. The number of hydrogen-bond acceptors (Lipinski definition) is 3. The van der Waals surface area contributed by atoms with Crippen molar-refractivity contribution >= 4 is 5.78 Å². The summed E-state index contributed by atoms with van der Waals surface area (Å²) in [4.78, 5) is 14.6. The van der Waals surface area contributed by atoms with E-state index in [0.717, 1.165) is 18.5 Å². The van der Waals surface area contributed by atoms with Crippen LogP contribution in [0, 0.1) is 5.92 Å². The van der Waals surface area contributed by atoms with Gasteiger partial charge in [-0.25, -0.2) is 0 Å². The van der Waals surface area contributed by atoms with Crippen molar-refractivity contribution in [3.05, 3.63) is 0 Å². The van der Waals surface area contributed by atoms with Crippen molar-refractivity contribution in [2.24, 2.45) is 5.92 Å². The monoisotopic (exact) mass is 253 g/mol. The average Bonchev–Trinajstić information content (AvgIpc) is 2.79. The van der Waals surface area contributed by atoms with E-state index in [2.05, 4.69) is 4.90 Å². The number of hydrogen-bond donors (Lipinski definition) is 0. The summed E-state index contributed by atoms with van der Waals surface area (Å²) in [7, 11) is 1.62. The van der Waals surface area contributed by atoms with E-state index < -0.39 is 5.60 Å². The molecule has 1 saturated carbocycles. The number of ether oxygens (including phenoxy) is 1. The molecule has 1 heterocycles. The molecule has 1 saturated heterocycles. The van der Waals surface area contributed by atoms with Crippen LogP contribution in [0.3, 0.4) is 0 Å². The zero-order chi connectivity index (χ0) is 13.2. The Balaban J connectivity index is 1.82. The highest BCUT2D eigenvalue weighted by Crippen LogP contribution is 2.36. The van der Waals surface area contributed by atoms with E-state index in [-0.39, 0.29) is 5.78 Å². The number of methoxy groups -OCH3 is 1. The van der Waals surface area contributed by atoms with Gasteiger partial charge in [-0.1, -0.05) is 12.8 Å². The maximum Gasteiger partial charge on any atom is 0.165 e. The van der Waals surface area contributed by atoms with Crippen molar-refractivity contribution in [2.75, 3.05) is 20.2 Å². The summed E-state index contributed by atoms with van der Waals surface area (Å²) in [5.74, 6) is 1.13. The lowest BCUT2D eigenvalue weighted by atomic mass is 9.85. The van der Waals surface area contributed by atoms with Crippen LogP contribution in [0.4, 0.5) is 0 Å². The quantitative estimate of drug-likeness (QED) is 0.754. The summed E-state index contributed by atoms with van der Waals surface area (Å²) in [6.07, 6.45) is 7.49. The first kappa shape index (κ1) is 14.0. The van der Waals surface area contributed by atoms with Gasteiger partial charge in [0.15, 0.2) is 5.78 Å². The molecule has 0 aromatic carbocycles. The molecule has 2 rings (SSSR count). The van der Waals surface area contributed by atoms with E-state index in [9.17, 15) is 4.79 Å². The van der Waals surface area contributed by atoms with Crippen LogP contribution in [0.25, 0.3) is 0 Å². The first-order valence-electron chi connectivity index (χ1n) is 7.37. The first-order valence-corrected chi connectivity index (χ1v) is 7.37. The SMILES string of the molecule is COC(C)(C)C(=O)CCN1CCC2CCCCC21. The Morgan fingerprint density at radius 2 is 2.00 bits per heavy atom. The van der Waals surface area contributed by atoms with E-state index in [0.29, 0.717) is 6.42 Å². The van der Waals surface area contributed by atoms with Crippen LogP contribution in [0.2, 0.25) is 0 Å². The van der Waals surface area contributed by atoms with Gasteiger partial charge in [0.1, 0.15) is 5.60 Å². The topological polar surface area (TPSA) is 29.5 Å². The minimum Gasteiger partial charge on any atom is -0.371 e. The minimum absolute atomic E-state index is 0.226. The van der Waals surface area contributed by atoms with Gasteiger partial charge >= 0.3 is 0 Å². The molecule has 0 aromatic rings. The van der Waals surface area contributed by atoms with Gasteiger partial charge in [0.05, 0.1) is 0 Å². The molecule has 2 unspecified atom stereocenters. The maximum absolute atomic E-state index is 12.1. The Morgan fingerprint density at radius 1 is 1.28 bits per heavy atom. The molecule has 0 spiro atoms. The average molecular weight is 253 g/mol.